The third kappa shape index (κ3) is 3.67. The minimum Gasteiger partial charge on any atom is -0.487 e. The Hall–Kier alpha value is -2.01. The normalized spacial score (nSPS) is 27.9. The third-order valence-electron chi connectivity index (χ3n) is 4.40. The molecule has 5 heteroatoms. The molecule has 0 radical (unpaired) electrons. The number of rotatable bonds is 3. The van der Waals surface area contributed by atoms with Crippen LogP contribution < -0.4 is 15.4 Å². The van der Waals surface area contributed by atoms with Crippen molar-refractivity contribution in [2.24, 2.45) is 5.92 Å². The molecule has 0 saturated carbocycles. The summed E-state index contributed by atoms with van der Waals surface area (Å²) in [7, 11) is 0. The van der Waals surface area contributed by atoms with Crippen LogP contribution in [0, 0.1) is 5.92 Å². The Balaban J connectivity index is 1.65. The number of aliphatic hydroxyl groups is 1. The summed E-state index contributed by atoms with van der Waals surface area (Å²) < 4.78 is 5.98. The lowest BCUT2D eigenvalue weighted by Gasteiger charge is -2.38. The highest BCUT2D eigenvalue weighted by molar-refractivity contribution is 5.75. The highest BCUT2D eigenvalue weighted by Gasteiger charge is 2.34. The van der Waals surface area contributed by atoms with Crippen LogP contribution in [0.5, 0.6) is 5.75 Å². The van der Waals surface area contributed by atoms with Gasteiger partial charge in [-0.1, -0.05) is 30.4 Å². The van der Waals surface area contributed by atoms with Crippen LogP contribution in [0.3, 0.4) is 0 Å². The van der Waals surface area contributed by atoms with Crippen molar-refractivity contribution >= 4 is 6.03 Å². The largest absolute Gasteiger partial charge is 0.487 e. The number of benzene rings is 1. The van der Waals surface area contributed by atoms with E-state index in [4.69, 9.17) is 9.84 Å². The van der Waals surface area contributed by atoms with Gasteiger partial charge >= 0.3 is 6.03 Å². The molecule has 0 unspecified atom stereocenters. The molecule has 2 aliphatic rings. The van der Waals surface area contributed by atoms with E-state index in [-0.39, 0.29) is 36.2 Å². The molecular formula is C18H24N2O3. The van der Waals surface area contributed by atoms with E-state index in [1.165, 1.54) is 0 Å². The summed E-state index contributed by atoms with van der Waals surface area (Å²) >= 11 is 0. The van der Waals surface area contributed by atoms with Crippen LogP contribution in [0.4, 0.5) is 4.79 Å². The quantitative estimate of drug-likeness (QED) is 0.751. The zero-order valence-corrected chi connectivity index (χ0v) is 13.6. The number of hydrogen-bond acceptors (Lipinski definition) is 3. The molecule has 0 spiro atoms. The van der Waals surface area contributed by atoms with Crippen LogP contribution in [-0.4, -0.2) is 29.4 Å². The molecule has 0 bridgehead atoms. The number of aliphatic hydroxyl groups excluding tert-OH is 1. The number of carbonyl (C=O) groups is 1. The number of nitrogens with one attached hydrogen (secondary N) is 2. The first-order valence-corrected chi connectivity index (χ1v) is 8.11. The number of carbonyl (C=O) groups excluding carboxylic acids is 1. The molecule has 1 aromatic carbocycles. The standard InChI is InChI=1S/C18H24N2O3/c1-18(2)10-15(14-5-3-4-6-16(14)23-18)20-17(22)19-13-8-7-12(9-13)11-21/h3-8,12-13,15,21H,9-11H2,1-2H3,(H2,19,20,22)/t12-,13+,15-/m0/s1. The summed E-state index contributed by atoms with van der Waals surface area (Å²) in [4.78, 5) is 12.3. The molecule has 1 aromatic rings. The fraction of sp³-hybridized carbons (Fsp3) is 0.500. The zero-order valence-electron chi connectivity index (χ0n) is 13.6. The van der Waals surface area contributed by atoms with Crippen molar-refractivity contribution in [1.82, 2.24) is 10.6 Å². The predicted octanol–water partition coefficient (Wildman–Crippen LogP) is 2.53. The fourth-order valence-corrected chi connectivity index (χ4v) is 3.32. The van der Waals surface area contributed by atoms with E-state index < -0.39 is 0 Å². The second kappa shape index (κ2) is 6.24. The van der Waals surface area contributed by atoms with E-state index in [0.29, 0.717) is 0 Å². The van der Waals surface area contributed by atoms with Gasteiger partial charge in [-0.15, -0.1) is 0 Å². The maximum atomic E-state index is 12.3. The average molecular weight is 316 g/mol. The van der Waals surface area contributed by atoms with E-state index in [1.54, 1.807) is 0 Å². The first-order valence-electron chi connectivity index (χ1n) is 8.11. The molecular weight excluding hydrogens is 292 g/mol. The zero-order chi connectivity index (χ0) is 16.4. The fourth-order valence-electron chi connectivity index (χ4n) is 3.32. The lowest BCUT2D eigenvalue weighted by atomic mass is 9.90. The first-order chi connectivity index (χ1) is 11.0. The predicted molar refractivity (Wildman–Crippen MR) is 88.3 cm³/mol. The van der Waals surface area contributed by atoms with Gasteiger partial charge in [0.05, 0.1) is 6.04 Å². The topological polar surface area (TPSA) is 70.6 Å². The highest BCUT2D eigenvalue weighted by atomic mass is 16.5. The van der Waals surface area contributed by atoms with Crippen molar-refractivity contribution in [3.63, 3.8) is 0 Å². The lowest BCUT2D eigenvalue weighted by molar-refractivity contribution is 0.0678. The summed E-state index contributed by atoms with van der Waals surface area (Å²) in [6, 6.07) is 7.55. The summed E-state index contributed by atoms with van der Waals surface area (Å²) in [5, 5.41) is 15.2. The summed E-state index contributed by atoms with van der Waals surface area (Å²) in [6.07, 6.45) is 5.37. The van der Waals surface area contributed by atoms with E-state index in [9.17, 15) is 4.79 Å². The van der Waals surface area contributed by atoms with Crippen LogP contribution in [-0.2, 0) is 0 Å². The van der Waals surface area contributed by atoms with E-state index >= 15 is 0 Å². The molecule has 3 atom stereocenters. The molecule has 0 saturated heterocycles. The van der Waals surface area contributed by atoms with E-state index in [1.807, 2.05) is 50.3 Å². The summed E-state index contributed by atoms with van der Waals surface area (Å²) in [5.41, 5.74) is 0.693. The van der Waals surface area contributed by atoms with Crippen LogP contribution in [0.15, 0.2) is 36.4 Å². The molecule has 3 rings (SSSR count). The minimum atomic E-state index is -0.318. The van der Waals surface area contributed by atoms with Crippen molar-refractivity contribution < 1.29 is 14.6 Å². The van der Waals surface area contributed by atoms with Crippen LogP contribution >= 0.6 is 0 Å². The molecule has 1 aliphatic heterocycles. The van der Waals surface area contributed by atoms with E-state index in [2.05, 4.69) is 10.6 Å². The number of urea groups is 1. The Morgan fingerprint density at radius 1 is 1.30 bits per heavy atom. The van der Waals surface area contributed by atoms with Crippen molar-refractivity contribution in [3.05, 3.63) is 42.0 Å². The number of hydrogen-bond donors (Lipinski definition) is 3. The van der Waals surface area contributed by atoms with Crippen LogP contribution in [0.2, 0.25) is 0 Å². The molecule has 2 amide bonds. The van der Waals surface area contributed by atoms with Gasteiger partial charge in [0.15, 0.2) is 0 Å². The van der Waals surface area contributed by atoms with Gasteiger partial charge in [0.1, 0.15) is 11.4 Å². The van der Waals surface area contributed by atoms with Crippen LogP contribution in [0.1, 0.15) is 38.3 Å². The van der Waals surface area contributed by atoms with Crippen molar-refractivity contribution in [1.29, 1.82) is 0 Å². The van der Waals surface area contributed by atoms with Gasteiger partial charge in [0.2, 0.25) is 0 Å². The molecule has 3 N–H and O–H groups in total. The number of para-hydroxylation sites is 1. The third-order valence-corrected chi connectivity index (χ3v) is 4.40. The maximum Gasteiger partial charge on any atom is 0.315 e. The average Bonchev–Trinajstić information content (AvgIpc) is 2.93. The molecule has 0 fully saturated rings. The summed E-state index contributed by atoms with van der Waals surface area (Å²) in [6.45, 7) is 4.18. The summed E-state index contributed by atoms with van der Waals surface area (Å²) in [5.74, 6) is 0.971. The Kier molecular flexibility index (Phi) is 4.31. The van der Waals surface area contributed by atoms with E-state index in [0.717, 1.165) is 24.2 Å². The van der Waals surface area contributed by atoms with Gasteiger partial charge in [-0.3, -0.25) is 0 Å². The number of fused-ring (bicyclic) bond motifs is 1. The number of amides is 2. The van der Waals surface area contributed by atoms with Crippen molar-refractivity contribution in [2.45, 2.75) is 44.4 Å². The van der Waals surface area contributed by atoms with Crippen molar-refractivity contribution in [2.75, 3.05) is 6.61 Å². The van der Waals surface area contributed by atoms with Gasteiger partial charge in [-0.05, 0) is 26.3 Å². The Bertz CT molecular complexity index is 612. The van der Waals surface area contributed by atoms with Gasteiger partial charge in [-0.25, -0.2) is 4.79 Å². The Morgan fingerprint density at radius 2 is 2.09 bits per heavy atom. The molecule has 1 aliphatic carbocycles. The Morgan fingerprint density at radius 3 is 2.83 bits per heavy atom. The molecule has 0 aromatic heterocycles. The maximum absolute atomic E-state index is 12.3. The van der Waals surface area contributed by atoms with Gasteiger partial charge < -0.3 is 20.5 Å². The minimum absolute atomic E-state index is 0.0183. The molecule has 1 heterocycles. The number of ether oxygens (including phenoxy) is 1. The SMILES string of the molecule is CC1(C)C[C@H](NC(=O)N[C@@H]2C=C[C@H](CO)C2)c2ccccc2O1. The molecule has 23 heavy (non-hydrogen) atoms. The first kappa shape index (κ1) is 15.9. The second-order valence-corrected chi connectivity index (χ2v) is 6.94. The van der Waals surface area contributed by atoms with Gasteiger partial charge in [-0.2, -0.15) is 0 Å². The van der Waals surface area contributed by atoms with Crippen molar-refractivity contribution in [3.8, 4) is 5.75 Å². The highest BCUT2D eigenvalue weighted by Crippen LogP contribution is 2.39. The monoisotopic (exact) mass is 316 g/mol. The Labute approximate surface area is 136 Å². The van der Waals surface area contributed by atoms with Crippen LogP contribution in [0.25, 0.3) is 0 Å². The second-order valence-electron chi connectivity index (χ2n) is 6.94. The van der Waals surface area contributed by atoms with Gasteiger partial charge in [0.25, 0.3) is 0 Å². The van der Waals surface area contributed by atoms with Gasteiger partial charge in [0, 0.05) is 30.6 Å². The lowest BCUT2D eigenvalue weighted by Crippen LogP contribution is -2.46. The molecule has 5 nitrogen and oxygen atoms in total. The molecule has 124 valence electrons. The smallest absolute Gasteiger partial charge is 0.315 e.